The van der Waals surface area contributed by atoms with Gasteiger partial charge < -0.3 is 69.7 Å². The molecule has 2 heterocycles. The van der Waals surface area contributed by atoms with Crippen molar-refractivity contribution in [1.82, 2.24) is 52.3 Å². The van der Waals surface area contributed by atoms with E-state index in [-0.39, 0.29) is 56.8 Å². The Morgan fingerprint density at radius 3 is 1.66 bits per heavy atom. The van der Waals surface area contributed by atoms with Crippen molar-refractivity contribution in [3.8, 4) is 0 Å². The van der Waals surface area contributed by atoms with Crippen molar-refractivity contribution in [2.24, 2.45) is 39.9 Å². The lowest BCUT2D eigenvalue weighted by Crippen LogP contribution is -2.63. The number of nitrogens with two attached hydrogens (primary N) is 3. The Balaban J connectivity index is 2.29. The Kier molecular flexibility index (Phi) is 26.6. The van der Waals surface area contributed by atoms with Crippen LogP contribution in [0.2, 0.25) is 0 Å². The molecule has 0 unspecified atom stereocenters. The molecule has 2 rings (SSSR count). The summed E-state index contributed by atoms with van der Waals surface area (Å²) in [6.07, 6.45) is 2.30. The lowest BCUT2D eigenvalue weighted by Gasteiger charge is -2.32. The predicted molar refractivity (Wildman–Crippen MR) is 272 cm³/mol. The minimum Gasteiger partial charge on any atom is -0.391 e. The average molecular weight is 1040 g/mol. The number of rotatable bonds is 30. The number of carbonyl (C=O) groups excluding carboxylic acids is 10. The molecule has 12 atom stereocenters. The summed E-state index contributed by atoms with van der Waals surface area (Å²) in [5.74, 6) is -8.39. The number of aliphatic hydroxyl groups is 1. The molecule has 0 aliphatic carbocycles. The third kappa shape index (κ3) is 19.7. The van der Waals surface area contributed by atoms with Crippen molar-refractivity contribution >= 4 is 65.0 Å². The molecule has 25 nitrogen and oxygen atoms in total. The molecule has 414 valence electrons. The molecule has 0 aromatic carbocycles. The van der Waals surface area contributed by atoms with E-state index in [1.54, 1.807) is 48.5 Å². The number of likely N-dealkylation sites (tertiary alicyclic amines) is 2. The number of guanidine groups is 1. The van der Waals surface area contributed by atoms with E-state index < -0.39 is 125 Å². The van der Waals surface area contributed by atoms with Crippen molar-refractivity contribution in [2.45, 2.75) is 187 Å². The first-order valence-electron chi connectivity index (χ1n) is 25.7. The maximum atomic E-state index is 14.2. The van der Waals surface area contributed by atoms with Crippen LogP contribution in [0.25, 0.3) is 0 Å². The second kappa shape index (κ2) is 30.8. The first-order chi connectivity index (χ1) is 34.3. The van der Waals surface area contributed by atoms with Gasteiger partial charge in [-0.05, 0) is 90.1 Å². The number of hydrogen-bond donors (Lipinski definition) is 12. The lowest BCUT2D eigenvalue weighted by atomic mass is 9.95. The zero-order chi connectivity index (χ0) is 55.3. The summed E-state index contributed by atoms with van der Waals surface area (Å²) in [6, 6.07) is -9.98. The van der Waals surface area contributed by atoms with Gasteiger partial charge in [0.2, 0.25) is 59.1 Å². The van der Waals surface area contributed by atoms with Crippen molar-refractivity contribution in [1.29, 1.82) is 0 Å². The van der Waals surface area contributed by atoms with Gasteiger partial charge in [0.1, 0.15) is 48.3 Å². The highest BCUT2D eigenvalue weighted by Gasteiger charge is 2.41. The molecular weight excluding hydrogens is 949 g/mol. The second-order valence-corrected chi connectivity index (χ2v) is 19.8. The number of nitrogens with zero attached hydrogens (tertiary/aromatic N) is 3. The summed E-state index contributed by atoms with van der Waals surface area (Å²) >= 11 is 0. The zero-order valence-corrected chi connectivity index (χ0v) is 44.5. The van der Waals surface area contributed by atoms with Crippen molar-refractivity contribution < 1.29 is 53.1 Å². The molecule has 73 heavy (non-hydrogen) atoms. The molecule has 0 aromatic heterocycles. The van der Waals surface area contributed by atoms with Crippen LogP contribution in [-0.4, -0.2) is 174 Å². The van der Waals surface area contributed by atoms with E-state index in [9.17, 15) is 53.1 Å². The molecule has 0 aromatic rings. The lowest BCUT2D eigenvalue weighted by molar-refractivity contribution is -0.142. The van der Waals surface area contributed by atoms with E-state index in [1.165, 1.54) is 18.7 Å². The standard InChI is InChI=1S/C48H86N14O11/c1-11-17-30(40(66)58-36(26(6)12-2)44(70)56-31(18-14-21-52-48(50)51)47(73)62-23-16-20-33(62)42(68)54-28(8)39(49)65)55-46(72)38(29(9)63)60-45(71)37(27(7)13-3)59-43(69)35(25(4)5)57-34(64)24-53-41(67)32-19-15-22-61(32)10/h25-33,35-38,63H,11-24H2,1-10H3,(H2,49,65)(H,53,67)(H,54,68)(H,55,72)(H,56,70)(H,57,64)(H,58,66)(H,59,69)(H,60,71)(H4,50,51,52)/t26-,27-,28+,29-,30-,31-,32-,33-,35-,36-,37+,38-/m0/s1. The molecule has 2 saturated heterocycles. The Morgan fingerprint density at radius 1 is 0.616 bits per heavy atom. The van der Waals surface area contributed by atoms with E-state index in [1.807, 2.05) is 11.9 Å². The van der Waals surface area contributed by atoms with Gasteiger partial charge in [-0.1, -0.05) is 67.7 Å². The molecular formula is C48H86N14O11. The molecule has 2 aliphatic heterocycles. The molecule has 2 fully saturated rings. The van der Waals surface area contributed by atoms with Crippen molar-refractivity contribution in [3.63, 3.8) is 0 Å². The number of carbonyl (C=O) groups is 10. The van der Waals surface area contributed by atoms with E-state index >= 15 is 0 Å². The SMILES string of the molecule is CCC[C@H](NC(=O)[C@@H](NC(=O)[C@H](NC(=O)[C@@H](NC(=O)CNC(=O)[C@@H]1CCCN1C)C(C)C)[C@@H](C)CC)[C@H](C)O)C(=O)N[C@H](C(=O)N[C@@H](CCCN=C(N)N)C(=O)N1CCC[C@H]1C(=O)N[C@H](C)C(N)=O)[C@@H](C)CC. The molecule has 25 heteroatoms. The molecule has 0 bridgehead atoms. The zero-order valence-electron chi connectivity index (χ0n) is 44.5. The van der Waals surface area contributed by atoms with Crippen LogP contribution in [0.4, 0.5) is 0 Å². The Bertz CT molecular complexity index is 1950. The first-order valence-corrected chi connectivity index (χ1v) is 25.7. The third-order valence-electron chi connectivity index (χ3n) is 13.6. The Hall–Kier alpha value is -6.11. The highest BCUT2D eigenvalue weighted by molar-refractivity contribution is 5.98. The van der Waals surface area contributed by atoms with E-state index in [0.717, 1.165) is 13.0 Å². The average Bonchev–Trinajstić information content (AvgIpc) is 4.01. The molecule has 0 radical (unpaired) electrons. The monoisotopic (exact) mass is 1030 g/mol. The van der Waals surface area contributed by atoms with Crippen LogP contribution in [0.1, 0.15) is 127 Å². The number of amides is 10. The number of nitrogens with one attached hydrogen (secondary N) is 8. The quantitative estimate of drug-likeness (QED) is 0.0195. The van der Waals surface area contributed by atoms with Crippen LogP contribution < -0.4 is 59.7 Å². The predicted octanol–water partition coefficient (Wildman–Crippen LogP) is -2.93. The fourth-order valence-corrected chi connectivity index (χ4v) is 8.56. The topological polar surface area (TPSA) is 384 Å². The number of hydrogen-bond acceptors (Lipinski definition) is 13. The summed E-state index contributed by atoms with van der Waals surface area (Å²) in [4.78, 5) is 142. The number of primary amides is 1. The van der Waals surface area contributed by atoms with E-state index in [2.05, 4.69) is 47.5 Å². The Labute approximate surface area is 429 Å². The van der Waals surface area contributed by atoms with Crippen molar-refractivity contribution in [3.05, 3.63) is 0 Å². The van der Waals surface area contributed by atoms with Crippen LogP contribution in [0.15, 0.2) is 4.99 Å². The van der Waals surface area contributed by atoms with Gasteiger partial charge in [0.15, 0.2) is 5.96 Å². The highest BCUT2D eigenvalue weighted by atomic mass is 16.3. The van der Waals surface area contributed by atoms with E-state index in [4.69, 9.17) is 17.2 Å². The molecule has 2 aliphatic rings. The van der Waals surface area contributed by atoms with Gasteiger partial charge in [0.05, 0.1) is 18.7 Å². The van der Waals surface area contributed by atoms with Crippen LogP contribution in [0.3, 0.4) is 0 Å². The van der Waals surface area contributed by atoms with Gasteiger partial charge in [-0.2, -0.15) is 0 Å². The number of aliphatic hydroxyl groups excluding tert-OH is 1. The summed E-state index contributed by atoms with van der Waals surface area (Å²) < 4.78 is 0. The van der Waals surface area contributed by atoms with Crippen LogP contribution in [0.5, 0.6) is 0 Å². The van der Waals surface area contributed by atoms with Gasteiger partial charge in [-0.3, -0.25) is 57.8 Å². The van der Waals surface area contributed by atoms with Crippen LogP contribution >= 0.6 is 0 Å². The first kappa shape index (κ1) is 63.0. The van der Waals surface area contributed by atoms with Gasteiger partial charge in [0, 0.05) is 13.1 Å². The fourth-order valence-electron chi connectivity index (χ4n) is 8.56. The smallest absolute Gasteiger partial charge is 0.245 e. The number of aliphatic imine (C=N–C) groups is 1. The van der Waals surface area contributed by atoms with Crippen LogP contribution in [0, 0.1) is 17.8 Å². The van der Waals surface area contributed by atoms with Gasteiger partial charge in [0.25, 0.3) is 0 Å². The summed E-state index contributed by atoms with van der Waals surface area (Å²) in [5, 5.41) is 32.0. The summed E-state index contributed by atoms with van der Waals surface area (Å²) in [5.41, 5.74) is 16.3. The summed E-state index contributed by atoms with van der Waals surface area (Å²) in [6.45, 7) is 15.5. The molecule has 10 amide bonds. The molecule has 0 saturated carbocycles. The van der Waals surface area contributed by atoms with Gasteiger partial charge in [-0.25, -0.2) is 0 Å². The van der Waals surface area contributed by atoms with Gasteiger partial charge >= 0.3 is 0 Å². The highest BCUT2D eigenvalue weighted by Crippen LogP contribution is 2.21. The number of likely N-dealkylation sites (N-methyl/N-ethyl adjacent to an activating group) is 1. The maximum absolute atomic E-state index is 14.2. The summed E-state index contributed by atoms with van der Waals surface area (Å²) in [7, 11) is 1.83. The molecule has 15 N–H and O–H groups in total. The third-order valence-corrected chi connectivity index (χ3v) is 13.6. The second-order valence-electron chi connectivity index (χ2n) is 19.8. The Morgan fingerprint density at radius 2 is 1.14 bits per heavy atom. The normalized spacial score (nSPS) is 19.8. The maximum Gasteiger partial charge on any atom is 0.245 e. The van der Waals surface area contributed by atoms with E-state index in [0.29, 0.717) is 38.5 Å². The fraction of sp³-hybridized carbons (Fsp3) is 0.771. The van der Waals surface area contributed by atoms with Crippen LogP contribution in [-0.2, 0) is 47.9 Å². The van der Waals surface area contributed by atoms with Gasteiger partial charge in [-0.15, -0.1) is 0 Å². The minimum atomic E-state index is -1.62. The minimum absolute atomic E-state index is 0.0436. The van der Waals surface area contributed by atoms with Crippen molar-refractivity contribution in [2.75, 3.05) is 33.2 Å². The molecule has 0 spiro atoms. The largest absolute Gasteiger partial charge is 0.391 e.